The van der Waals surface area contributed by atoms with E-state index in [0.29, 0.717) is 71.5 Å². The second kappa shape index (κ2) is 9.30. The largest absolute Gasteiger partial charge is 0.493 e. The van der Waals surface area contributed by atoms with Gasteiger partial charge in [0.25, 0.3) is 0 Å². The Hall–Kier alpha value is -3.05. The second-order valence-electron chi connectivity index (χ2n) is 9.07. The quantitative estimate of drug-likeness (QED) is 0.500. The normalized spacial score (nSPS) is 18.4. The first kappa shape index (κ1) is 22.7. The number of Topliss-reactive ketones (excluding diaryl/α,β-unsaturated/α-hetero) is 2. The zero-order valence-corrected chi connectivity index (χ0v) is 20.2. The topological polar surface area (TPSA) is 61.8 Å². The summed E-state index contributed by atoms with van der Waals surface area (Å²) in [5.41, 5.74) is 4.10. The van der Waals surface area contributed by atoms with E-state index >= 15 is 0 Å². The monoisotopic (exact) mass is 478 g/mol. The molecule has 2 aromatic rings. The molecule has 2 aromatic carbocycles. The van der Waals surface area contributed by atoms with E-state index in [2.05, 4.69) is 6.07 Å². The number of allylic oxidation sites excluding steroid dienone is 4. The average Bonchev–Trinajstić information content (AvgIpc) is 2.82. The number of halogens is 1. The molecule has 5 rings (SSSR count). The van der Waals surface area contributed by atoms with E-state index in [9.17, 15) is 9.59 Å². The van der Waals surface area contributed by atoms with Crippen molar-refractivity contribution in [1.82, 2.24) is 0 Å². The van der Waals surface area contributed by atoms with Gasteiger partial charge in [0.15, 0.2) is 23.1 Å². The van der Waals surface area contributed by atoms with Crippen LogP contribution in [0.3, 0.4) is 0 Å². The van der Waals surface area contributed by atoms with Gasteiger partial charge >= 0.3 is 0 Å². The van der Waals surface area contributed by atoms with Gasteiger partial charge in [0.2, 0.25) is 0 Å². The molecule has 0 aromatic heterocycles. The second-order valence-corrected chi connectivity index (χ2v) is 9.48. The van der Waals surface area contributed by atoms with Crippen LogP contribution in [0.15, 0.2) is 59.1 Å². The standard InChI is InChI=1S/C28H27ClO5/c1-16-6-3-7-17(12-16)15-33-28-19(29)13-18(14-24(28)32-2)25-26-20(30)8-4-10-22(26)34-23-11-5-9-21(31)27(23)25/h3,6-7,12-14,25H,4-5,8-11,15H2,1-2H3. The van der Waals surface area contributed by atoms with Crippen molar-refractivity contribution in [2.75, 3.05) is 7.11 Å². The van der Waals surface area contributed by atoms with Crippen molar-refractivity contribution in [3.8, 4) is 11.5 Å². The van der Waals surface area contributed by atoms with Crippen molar-refractivity contribution < 1.29 is 23.8 Å². The van der Waals surface area contributed by atoms with Gasteiger partial charge in [-0.3, -0.25) is 9.59 Å². The van der Waals surface area contributed by atoms with Crippen LogP contribution in [-0.4, -0.2) is 18.7 Å². The molecule has 0 N–H and O–H groups in total. The van der Waals surface area contributed by atoms with Gasteiger partial charge in [-0.15, -0.1) is 0 Å². The maximum absolute atomic E-state index is 13.0. The van der Waals surface area contributed by atoms with Gasteiger partial charge in [-0.2, -0.15) is 0 Å². The minimum Gasteiger partial charge on any atom is -0.493 e. The van der Waals surface area contributed by atoms with Gasteiger partial charge in [-0.05, 0) is 43.0 Å². The van der Waals surface area contributed by atoms with E-state index in [4.69, 9.17) is 25.8 Å². The third kappa shape index (κ3) is 4.14. The van der Waals surface area contributed by atoms with Crippen LogP contribution in [0.2, 0.25) is 5.02 Å². The minimum atomic E-state index is -0.489. The fraction of sp³-hybridized carbons (Fsp3) is 0.357. The third-order valence-electron chi connectivity index (χ3n) is 6.69. The highest BCUT2D eigenvalue weighted by atomic mass is 35.5. The van der Waals surface area contributed by atoms with Gasteiger partial charge in [-0.1, -0.05) is 41.4 Å². The minimum absolute atomic E-state index is 0.0334. The van der Waals surface area contributed by atoms with Crippen molar-refractivity contribution >= 4 is 23.2 Å². The lowest BCUT2D eigenvalue weighted by Gasteiger charge is -2.36. The number of rotatable bonds is 5. The lowest BCUT2D eigenvalue weighted by atomic mass is 9.73. The molecule has 0 unspecified atom stereocenters. The molecule has 0 atom stereocenters. The maximum Gasteiger partial charge on any atom is 0.180 e. The highest BCUT2D eigenvalue weighted by molar-refractivity contribution is 6.32. The molecule has 5 nitrogen and oxygen atoms in total. The van der Waals surface area contributed by atoms with Crippen LogP contribution in [0.25, 0.3) is 0 Å². The van der Waals surface area contributed by atoms with E-state index in [1.807, 2.05) is 31.2 Å². The van der Waals surface area contributed by atoms with Crippen LogP contribution in [-0.2, 0) is 20.9 Å². The first-order valence-corrected chi connectivity index (χ1v) is 12.1. The number of aryl methyl sites for hydroxylation is 1. The summed E-state index contributed by atoms with van der Waals surface area (Å²) in [5.74, 6) is 1.88. The van der Waals surface area contributed by atoms with Crippen LogP contribution in [0.5, 0.6) is 11.5 Å². The molecule has 2 aliphatic carbocycles. The molecule has 0 radical (unpaired) electrons. The van der Waals surface area contributed by atoms with Crippen molar-refractivity contribution in [2.45, 2.75) is 58.0 Å². The molecule has 6 heteroatoms. The zero-order chi connectivity index (χ0) is 23.8. The molecule has 0 amide bonds. The van der Waals surface area contributed by atoms with Gasteiger partial charge in [0.1, 0.15) is 18.1 Å². The number of carbonyl (C=O) groups excluding carboxylic acids is 2. The molecule has 1 aliphatic heterocycles. The van der Waals surface area contributed by atoms with E-state index < -0.39 is 5.92 Å². The SMILES string of the molecule is COc1cc(C2C3=C(CCCC3=O)OC3=C2C(=O)CCC3)cc(Cl)c1OCc1cccc(C)c1. The summed E-state index contributed by atoms with van der Waals surface area (Å²) in [7, 11) is 1.56. The Morgan fingerprint density at radius 3 is 2.26 bits per heavy atom. The molecule has 0 fully saturated rings. The molecule has 1 heterocycles. The molecule has 176 valence electrons. The Bertz CT molecular complexity index is 1200. The molecule has 0 saturated heterocycles. The predicted octanol–water partition coefficient (Wildman–Crippen LogP) is 6.36. The third-order valence-corrected chi connectivity index (χ3v) is 6.97. The number of methoxy groups -OCH3 is 1. The Morgan fingerprint density at radius 1 is 0.971 bits per heavy atom. The van der Waals surface area contributed by atoms with Crippen molar-refractivity contribution in [2.24, 2.45) is 0 Å². The fourth-order valence-corrected chi connectivity index (χ4v) is 5.43. The molecular formula is C28H27ClO5. The summed E-state index contributed by atoms with van der Waals surface area (Å²) in [5, 5.41) is 0.379. The number of carbonyl (C=O) groups is 2. The first-order valence-electron chi connectivity index (χ1n) is 11.7. The van der Waals surface area contributed by atoms with E-state index in [1.165, 1.54) is 0 Å². The Labute approximate surface area is 204 Å². The summed E-state index contributed by atoms with van der Waals surface area (Å²) in [6, 6.07) is 11.7. The van der Waals surface area contributed by atoms with E-state index in [0.717, 1.165) is 29.5 Å². The van der Waals surface area contributed by atoms with E-state index in [-0.39, 0.29) is 11.6 Å². The van der Waals surface area contributed by atoms with Gasteiger partial charge in [-0.25, -0.2) is 0 Å². The van der Waals surface area contributed by atoms with Crippen molar-refractivity contribution in [1.29, 1.82) is 0 Å². The molecule has 34 heavy (non-hydrogen) atoms. The highest BCUT2D eigenvalue weighted by Gasteiger charge is 2.42. The molecule has 0 saturated carbocycles. The number of hydrogen-bond acceptors (Lipinski definition) is 5. The van der Waals surface area contributed by atoms with Gasteiger partial charge < -0.3 is 14.2 Å². The molecule has 0 bridgehead atoms. The first-order chi connectivity index (χ1) is 16.5. The number of ether oxygens (including phenoxy) is 3. The van der Waals surface area contributed by atoms with Crippen molar-refractivity contribution in [3.05, 3.63) is 80.8 Å². The summed E-state index contributed by atoms with van der Waals surface area (Å²) in [4.78, 5) is 26.1. The van der Waals surface area contributed by atoms with Gasteiger partial charge in [0.05, 0.1) is 12.1 Å². The lowest BCUT2D eigenvalue weighted by molar-refractivity contribution is -0.117. The lowest BCUT2D eigenvalue weighted by Crippen LogP contribution is -2.30. The molecule has 0 spiro atoms. The summed E-state index contributed by atoms with van der Waals surface area (Å²) < 4.78 is 17.8. The van der Waals surface area contributed by atoms with Crippen LogP contribution in [0.1, 0.15) is 61.1 Å². The Balaban J connectivity index is 1.56. The average molecular weight is 479 g/mol. The fourth-order valence-electron chi connectivity index (χ4n) is 5.15. The van der Waals surface area contributed by atoms with Crippen LogP contribution < -0.4 is 9.47 Å². The predicted molar refractivity (Wildman–Crippen MR) is 129 cm³/mol. The van der Waals surface area contributed by atoms with Crippen LogP contribution >= 0.6 is 11.6 Å². The van der Waals surface area contributed by atoms with Crippen LogP contribution in [0, 0.1) is 6.92 Å². The zero-order valence-electron chi connectivity index (χ0n) is 19.4. The summed E-state index contributed by atoms with van der Waals surface area (Å²) >= 11 is 6.71. The number of hydrogen-bond donors (Lipinski definition) is 0. The molecular weight excluding hydrogens is 452 g/mol. The summed E-state index contributed by atoms with van der Waals surface area (Å²) in [6.07, 6.45) is 3.83. The number of benzene rings is 2. The van der Waals surface area contributed by atoms with Crippen LogP contribution in [0.4, 0.5) is 0 Å². The summed E-state index contributed by atoms with van der Waals surface area (Å²) in [6.45, 7) is 2.38. The highest BCUT2D eigenvalue weighted by Crippen LogP contribution is 2.50. The Morgan fingerprint density at radius 2 is 1.65 bits per heavy atom. The number of ketones is 2. The van der Waals surface area contributed by atoms with Crippen molar-refractivity contribution in [3.63, 3.8) is 0 Å². The smallest absolute Gasteiger partial charge is 0.180 e. The maximum atomic E-state index is 13.0. The van der Waals surface area contributed by atoms with E-state index in [1.54, 1.807) is 13.2 Å². The van der Waals surface area contributed by atoms with Gasteiger partial charge in [0, 0.05) is 42.7 Å². The molecule has 3 aliphatic rings. The Kier molecular flexibility index (Phi) is 6.22.